The normalized spacial score (nSPS) is 10.7. The molecule has 1 rings (SSSR count). The molecular weight excluding hydrogens is 232 g/mol. The molecule has 0 saturated carbocycles. The molecule has 0 bridgehead atoms. The SMILES string of the molecule is O=C(O)Cc1nc(C(F)F)c(O)cc1Cl. The molecule has 0 aliphatic carbocycles. The van der Waals surface area contributed by atoms with Gasteiger partial charge in [0, 0.05) is 6.07 Å². The number of aliphatic carboxylic acids is 1. The lowest BCUT2D eigenvalue weighted by Crippen LogP contribution is -2.05. The van der Waals surface area contributed by atoms with Crippen LogP contribution in [0.4, 0.5) is 8.78 Å². The topological polar surface area (TPSA) is 70.4 Å². The second-order valence-electron chi connectivity index (χ2n) is 2.69. The maximum absolute atomic E-state index is 12.3. The molecule has 0 atom stereocenters. The van der Waals surface area contributed by atoms with E-state index in [-0.39, 0.29) is 10.7 Å². The van der Waals surface area contributed by atoms with Crippen molar-refractivity contribution >= 4 is 17.6 Å². The first-order chi connectivity index (χ1) is 6.91. The zero-order valence-electron chi connectivity index (χ0n) is 7.25. The predicted octanol–water partition coefficient (Wildman–Crippen LogP) is 2.01. The highest BCUT2D eigenvalue weighted by Crippen LogP contribution is 2.30. The number of halogens is 3. The number of aromatic hydroxyl groups is 1. The third kappa shape index (κ3) is 2.76. The monoisotopic (exact) mass is 237 g/mol. The summed E-state index contributed by atoms with van der Waals surface area (Å²) >= 11 is 5.52. The van der Waals surface area contributed by atoms with Crippen LogP contribution in [0.1, 0.15) is 17.8 Å². The van der Waals surface area contributed by atoms with Gasteiger partial charge in [-0.25, -0.2) is 13.8 Å². The Balaban J connectivity index is 3.17. The molecule has 1 aromatic rings. The molecule has 4 nitrogen and oxygen atoms in total. The van der Waals surface area contributed by atoms with Crippen molar-refractivity contribution in [1.29, 1.82) is 0 Å². The van der Waals surface area contributed by atoms with Gasteiger partial charge in [0.15, 0.2) is 0 Å². The van der Waals surface area contributed by atoms with Gasteiger partial charge in [0.05, 0.1) is 17.1 Å². The van der Waals surface area contributed by atoms with Gasteiger partial charge in [0.25, 0.3) is 6.43 Å². The van der Waals surface area contributed by atoms with Gasteiger partial charge in [0.1, 0.15) is 11.4 Å². The Morgan fingerprint density at radius 2 is 2.20 bits per heavy atom. The summed E-state index contributed by atoms with van der Waals surface area (Å²) in [7, 11) is 0. The lowest BCUT2D eigenvalue weighted by Gasteiger charge is -2.06. The molecule has 0 unspecified atom stereocenters. The summed E-state index contributed by atoms with van der Waals surface area (Å²) in [6.45, 7) is 0. The fourth-order valence-electron chi connectivity index (χ4n) is 0.961. The number of carboxylic acid groups (broad SMARTS) is 1. The quantitative estimate of drug-likeness (QED) is 0.844. The molecule has 0 saturated heterocycles. The number of rotatable bonds is 3. The Morgan fingerprint density at radius 1 is 1.60 bits per heavy atom. The van der Waals surface area contributed by atoms with Crippen LogP contribution < -0.4 is 0 Å². The van der Waals surface area contributed by atoms with Crippen LogP contribution >= 0.6 is 11.6 Å². The van der Waals surface area contributed by atoms with Crippen LogP contribution in [-0.4, -0.2) is 21.2 Å². The molecule has 0 fully saturated rings. The molecule has 0 aliphatic rings. The van der Waals surface area contributed by atoms with Crippen molar-refractivity contribution in [2.75, 3.05) is 0 Å². The maximum atomic E-state index is 12.3. The Kier molecular flexibility index (Phi) is 3.41. The summed E-state index contributed by atoms with van der Waals surface area (Å²) < 4.78 is 24.5. The van der Waals surface area contributed by atoms with Crippen LogP contribution in [0.15, 0.2) is 6.07 Å². The van der Waals surface area contributed by atoms with Gasteiger partial charge in [-0.2, -0.15) is 0 Å². The third-order valence-corrected chi connectivity index (χ3v) is 1.91. The minimum atomic E-state index is -2.98. The average molecular weight is 238 g/mol. The highest BCUT2D eigenvalue weighted by atomic mass is 35.5. The lowest BCUT2D eigenvalue weighted by molar-refractivity contribution is -0.136. The first-order valence-electron chi connectivity index (χ1n) is 3.80. The molecule has 0 radical (unpaired) electrons. The zero-order chi connectivity index (χ0) is 11.6. The van der Waals surface area contributed by atoms with Crippen molar-refractivity contribution in [2.45, 2.75) is 12.8 Å². The summed E-state index contributed by atoms with van der Waals surface area (Å²) in [6.07, 6.45) is -3.55. The van der Waals surface area contributed by atoms with Crippen molar-refractivity contribution in [1.82, 2.24) is 4.98 Å². The predicted molar refractivity (Wildman–Crippen MR) is 47.2 cm³/mol. The molecule has 15 heavy (non-hydrogen) atoms. The zero-order valence-corrected chi connectivity index (χ0v) is 8.00. The average Bonchev–Trinajstić information content (AvgIpc) is 2.08. The third-order valence-electron chi connectivity index (χ3n) is 1.58. The van der Waals surface area contributed by atoms with Gasteiger partial charge in [-0.1, -0.05) is 11.6 Å². The molecule has 1 aromatic heterocycles. The van der Waals surface area contributed by atoms with Crippen LogP contribution in [-0.2, 0) is 11.2 Å². The fourth-order valence-corrected chi connectivity index (χ4v) is 1.17. The first-order valence-corrected chi connectivity index (χ1v) is 4.18. The van der Waals surface area contributed by atoms with Gasteiger partial charge in [-0.15, -0.1) is 0 Å². The lowest BCUT2D eigenvalue weighted by atomic mass is 10.2. The second-order valence-corrected chi connectivity index (χ2v) is 3.10. The minimum absolute atomic E-state index is 0.153. The number of carboxylic acids is 1. The van der Waals surface area contributed by atoms with E-state index in [4.69, 9.17) is 21.8 Å². The summed E-state index contributed by atoms with van der Waals surface area (Å²) in [6, 6.07) is 0.855. The number of aromatic nitrogens is 1. The number of nitrogens with zero attached hydrogens (tertiary/aromatic N) is 1. The van der Waals surface area contributed by atoms with Gasteiger partial charge in [0.2, 0.25) is 0 Å². The Labute approximate surface area is 88.1 Å². The number of carbonyl (C=O) groups is 1. The number of hydrogen-bond donors (Lipinski definition) is 2. The van der Waals surface area contributed by atoms with E-state index in [1.807, 2.05) is 0 Å². The largest absolute Gasteiger partial charge is 0.506 e. The highest BCUT2D eigenvalue weighted by molar-refractivity contribution is 6.31. The summed E-state index contributed by atoms with van der Waals surface area (Å²) in [4.78, 5) is 13.6. The van der Waals surface area contributed by atoms with Gasteiger partial charge >= 0.3 is 5.97 Å². The van der Waals surface area contributed by atoms with Gasteiger partial charge in [-0.05, 0) is 0 Å². The summed E-state index contributed by atoms with van der Waals surface area (Å²) in [5, 5.41) is 17.3. The molecular formula is C8H6ClF2NO3. The van der Waals surface area contributed by atoms with Crippen LogP contribution in [0.25, 0.3) is 0 Å². The Bertz CT molecular complexity index is 398. The van der Waals surface area contributed by atoms with E-state index in [1.165, 1.54) is 0 Å². The van der Waals surface area contributed by atoms with Crippen molar-refractivity contribution in [2.24, 2.45) is 0 Å². The Morgan fingerprint density at radius 3 is 2.67 bits per heavy atom. The van der Waals surface area contributed by atoms with E-state index >= 15 is 0 Å². The van der Waals surface area contributed by atoms with Crippen molar-refractivity contribution in [3.8, 4) is 5.75 Å². The molecule has 82 valence electrons. The molecule has 7 heteroatoms. The molecule has 2 N–H and O–H groups in total. The summed E-state index contributed by atoms with van der Waals surface area (Å²) in [5.74, 6) is -1.99. The first kappa shape index (κ1) is 11.6. The second kappa shape index (κ2) is 4.39. The van der Waals surface area contributed by atoms with E-state index in [9.17, 15) is 13.6 Å². The van der Waals surface area contributed by atoms with Crippen LogP contribution in [0.2, 0.25) is 5.02 Å². The number of hydrogen-bond acceptors (Lipinski definition) is 3. The van der Waals surface area contributed by atoms with Crippen molar-refractivity contribution < 1.29 is 23.8 Å². The Hall–Kier alpha value is -1.43. The molecule has 0 aromatic carbocycles. The molecule has 0 amide bonds. The minimum Gasteiger partial charge on any atom is -0.506 e. The molecule has 1 heterocycles. The van der Waals surface area contributed by atoms with Crippen LogP contribution in [0.5, 0.6) is 5.75 Å². The van der Waals surface area contributed by atoms with E-state index in [2.05, 4.69) is 4.98 Å². The van der Waals surface area contributed by atoms with E-state index in [0.717, 1.165) is 6.07 Å². The highest BCUT2D eigenvalue weighted by Gasteiger charge is 2.18. The van der Waals surface area contributed by atoms with Crippen LogP contribution in [0.3, 0.4) is 0 Å². The standard InChI is InChI=1S/C8H6ClF2NO3/c9-3-1-5(13)7(8(10)11)12-4(3)2-6(14)15/h1,8,13H,2H2,(H,14,15). The van der Waals surface area contributed by atoms with Gasteiger partial charge < -0.3 is 10.2 Å². The molecule has 0 aliphatic heterocycles. The van der Waals surface area contributed by atoms with Crippen LogP contribution in [0, 0.1) is 0 Å². The van der Waals surface area contributed by atoms with Gasteiger partial charge in [-0.3, -0.25) is 4.79 Å². The number of alkyl halides is 2. The van der Waals surface area contributed by atoms with E-state index < -0.39 is 30.3 Å². The van der Waals surface area contributed by atoms with E-state index in [1.54, 1.807) is 0 Å². The number of pyridine rings is 1. The van der Waals surface area contributed by atoms with Crippen molar-refractivity contribution in [3.05, 3.63) is 22.5 Å². The smallest absolute Gasteiger partial charge is 0.309 e. The summed E-state index contributed by atoms with van der Waals surface area (Å²) in [5.41, 5.74) is -1.06. The van der Waals surface area contributed by atoms with E-state index in [0.29, 0.717) is 0 Å². The maximum Gasteiger partial charge on any atom is 0.309 e. The molecule has 0 spiro atoms. The fraction of sp³-hybridized carbons (Fsp3) is 0.250. The van der Waals surface area contributed by atoms with Crippen molar-refractivity contribution in [3.63, 3.8) is 0 Å².